The van der Waals surface area contributed by atoms with Gasteiger partial charge in [0.25, 0.3) is 0 Å². The highest BCUT2D eigenvalue weighted by Gasteiger charge is 2.06. The number of benzene rings is 2. The molecule has 0 bridgehead atoms. The van der Waals surface area contributed by atoms with Gasteiger partial charge in [0.05, 0.1) is 6.10 Å². The van der Waals surface area contributed by atoms with Crippen LogP contribution in [0.3, 0.4) is 0 Å². The average Bonchev–Trinajstić information content (AvgIpc) is 2.28. The van der Waals surface area contributed by atoms with E-state index in [0.29, 0.717) is 0 Å². The zero-order chi connectivity index (χ0) is 11.5. The van der Waals surface area contributed by atoms with E-state index in [4.69, 9.17) is 4.74 Å². The first-order chi connectivity index (χ1) is 7.70. The minimum atomic E-state index is 0.269. The molecular weight excluding hydrogens is 196 g/mol. The third-order valence-corrected chi connectivity index (χ3v) is 2.87. The zero-order valence-electron chi connectivity index (χ0n) is 10.2. The van der Waals surface area contributed by atoms with Gasteiger partial charge in [0, 0.05) is 5.39 Å². The molecule has 2 aromatic carbocycles. The predicted octanol–water partition coefficient (Wildman–Crippen LogP) is 4.33. The summed E-state index contributed by atoms with van der Waals surface area (Å²) in [4.78, 5) is 0. The molecule has 0 aliphatic heterocycles. The molecule has 0 spiro atoms. The summed E-state index contributed by atoms with van der Waals surface area (Å²) in [7, 11) is 0. The summed E-state index contributed by atoms with van der Waals surface area (Å²) >= 11 is 0. The summed E-state index contributed by atoms with van der Waals surface area (Å²) in [5, 5.41) is 2.45. The summed E-state index contributed by atoms with van der Waals surface area (Å²) in [5.41, 5.74) is 1.25. The van der Waals surface area contributed by atoms with Gasteiger partial charge in [-0.05, 0) is 37.3 Å². The van der Waals surface area contributed by atoms with E-state index in [2.05, 4.69) is 57.2 Å². The predicted molar refractivity (Wildman–Crippen MR) is 69.1 cm³/mol. The quantitative estimate of drug-likeness (QED) is 0.739. The molecule has 1 heteroatoms. The number of fused-ring (bicyclic) bond motifs is 1. The van der Waals surface area contributed by atoms with E-state index in [1.54, 1.807) is 0 Å². The normalized spacial score (nSPS) is 12.7. The Morgan fingerprint density at radius 1 is 1.19 bits per heavy atom. The van der Waals surface area contributed by atoms with E-state index in [0.717, 1.165) is 12.2 Å². The molecule has 0 fully saturated rings. The minimum absolute atomic E-state index is 0.269. The summed E-state index contributed by atoms with van der Waals surface area (Å²) in [5.74, 6) is 1.00. The van der Waals surface area contributed by atoms with Crippen molar-refractivity contribution in [3.63, 3.8) is 0 Å². The Morgan fingerprint density at radius 3 is 2.69 bits per heavy atom. The van der Waals surface area contributed by atoms with Crippen LogP contribution in [0.2, 0.25) is 0 Å². The smallest absolute Gasteiger partial charge is 0.127 e. The molecule has 1 atom stereocenters. The van der Waals surface area contributed by atoms with E-state index in [-0.39, 0.29) is 6.10 Å². The average molecular weight is 214 g/mol. The van der Waals surface area contributed by atoms with Crippen LogP contribution in [0, 0.1) is 6.92 Å². The van der Waals surface area contributed by atoms with Crippen LogP contribution in [0.25, 0.3) is 10.8 Å². The second-order valence-electron chi connectivity index (χ2n) is 4.32. The Labute approximate surface area is 97.1 Å². The van der Waals surface area contributed by atoms with Crippen molar-refractivity contribution in [2.75, 3.05) is 0 Å². The van der Waals surface area contributed by atoms with Crippen molar-refractivity contribution < 1.29 is 4.74 Å². The van der Waals surface area contributed by atoms with Crippen molar-refractivity contribution in [3.8, 4) is 5.75 Å². The second-order valence-corrected chi connectivity index (χ2v) is 4.32. The minimum Gasteiger partial charge on any atom is -0.490 e. The molecule has 84 valence electrons. The van der Waals surface area contributed by atoms with E-state index in [1.807, 2.05) is 0 Å². The lowest BCUT2D eigenvalue weighted by Crippen LogP contribution is -2.10. The fourth-order valence-corrected chi connectivity index (χ4v) is 1.82. The first-order valence-electron chi connectivity index (χ1n) is 5.86. The van der Waals surface area contributed by atoms with Crippen LogP contribution in [-0.2, 0) is 0 Å². The van der Waals surface area contributed by atoms with Crippen LogP contribution in [0.15, 0.2) is 36.4 Å². The molecule has 2 rings (SSSR count). The number of rotatable bonds is 3. The lowest BCUT2D eigenvalue weighted by molar-refractivity contribution is 0.220. The lowest BCUT2D eigenvalue weighted by atomic mass is 10.1. The molecule has 0 N–H and O–H groups in total. The monoisotopic (exact) mass is 214 g/mol. The van der Waals surface area contributed by atoms with Crippen LogP contribution in [0.1, 0.15) is 25.8 Å². The van der Waals surface area contributed by atoms with Gasteiger partial charge in [-0.3, -0.25) is 0 Å². The van der Waals surface area contributed by atoms with Crippen LogP contribution in [0.5, 0.6) is 5.75 Å². The van der Waals surface area contributed by atoms with Gasteiger partial charge in [-0.1, -0.05) is 37.3 Å². The number of hydrogen-bond acceptors (Lipinski definition) is 1. The molecule has 0 saturated heterocycles. The Bertz CT molecular complexity index is 488. The van der Waals surface area contributed by atoms with Gasteiger partial charge in [0.2, 0.25) is 0 Å². The van der Waals surface area contributed by atoms with Crippen LogP contribution < -0.4 is 4.74 Å². The van der Waals surface area contributed by atoms with Gasteiger partial charge in [0.15, 0.2) is 0 Å². The first kappa shape index (κ1) is 11.0. The van der Waals surface area contributed by atoms with Gasteiger partial charge >= 0.3 is 0 Å². The number of hydrogen-bond donors (Lipinski definition) is 0. The highest BCUT2D eigenvalue weighted by Crippen LogP contribution is 2.28. The Hall–Kier alpha value is -1.50. The summed E-state index contributed by atoms with van der Waals surface area (Å²) in [6.07, 6.45) is 1.30. The van der Waals surface area contributed by atoms with Gasteiger partial charge in [0.1, 0.15) is 5.75 Å². The molecule has 1 nitrogen and oxygen atoms in total. The highest BCUT2D eigenvalue weighted by molar-refractivity contribution is 5.89. The maximum atomic E-state index is 5.96. The third-order valence-electron chi connectivity index (χ3n) is 2.87. The number of ether oxygens (including phenoxy) is 1. The van der Waals surface area contributed by atoms with Crippen molar-refractivity contribution in [2.24, 2.45) is 0 Å². The van der Waals surface area contributed by atoms with E-state index in [1.165, 1.54) is 16.3 Å². The topological polar surface area (TPSA) is 9.23 Å². The Morgan fingerprint density at radius 2 is 1.94 bits per heavy atom. The standard InChI is InChI=1S/C15H18O/c1-4-12(3)16-15-10-11(2)9-13-7-5-6-8-14(13)15/h5-10,12H,4H2,1-3H3. The third kappa shape index (κ3) is 2.19. The van der Waals surface area contributed by atoms with Crippen LogP contribution in [0.4, 0.5) is 0 Å². The molecular formula is C15H18O. The van der Waals surface area contributed by atoms with Gasteiger partial charge in [-0.25, -0.2) is 0 Å². The Balaban J connectivity index is 2.50. The van der Waals surface area contributed by atoms with E-state index in [9.17, 15) is 0 Å². The van der Waals surface area contributed by atoms with Crippen molar-refractivity contribution in [3.05, 3.63) is 42.0 Å². The second kappa shape index (κ2) is 4.56. The molecule has 0 saturated carbocycles. The summed E-state index contributed by atoms with van der Waals surface area (Å²) in [6, 6.07) is 12.7. The molecule has 0 aliphatic rings. The van der Waals surface area contributed by atoms with Crippen molar-refractivity contribution in [2.45, 2.75) is 33.3 Å². The lowest BCUT2D eigenvalue weighted by Gasteiger charge is -2.15. The van der Waals surface area contributed by atoms with E-state index >= 15 is 0 Å². The Kier molecular flexibility index (Phi) is 3.14. The number of aryl methyl sites for hydroxylation is 1. The molecule has 0 radical (unpaired) electrons. The molecule has 2 aromatic rings. The van der Waals surface area contributed by atoms with Crippen LogP contribution in [-0.4, -0.2) is 6.10 Å². The molecule has 0 heterocycles. The highest BCUT2D eigenvalue weighted by atomic mass is 16.5. The van der Waals surface area contributed by atoms with Crippen LogP contribution >= 0.6 is 0 Å². The van der Waals surface area contributed by atoms with E-state index < -0.39 is 0 Å². The zero-order valence-corrected chi connectivity index (χ0v) is 10.2. The van der Waals surface area contributed by atoms with Gasteiger partial charge in [-0.15, -0.1) is 0 Å². The fourth-order valence-electron chi connectivity index (χ4n) is 1.82. The van der Waals surface area contributed by atoms with Crippen molar-refractivity contribution in [1.29, 1.82) is 0 Å². The van der Waals surface area contributed by atoms with Crippen molar-refractivity contribution in [1.82, 2.24) is 0 Å². The van der Waals surface area contributed by atoms with Gasteiger partial charge in [-0.2, -0.15) is 0 Å². The maximum Gasteiger partial charge on any atom is 0.127 e. The molecule has 0 aromatic heterocycles. The maximum absolute atomic E-state index is 5.96. The SMILES string of the molecule is CCC(C)Oc1cc(C)cc2ccccc12. The largest absolute Gasteiger partial charge is 0.490 e. The fraction of sp³-hybridized carbons (Fsp3) is 0.333. The van der Waals surface area contributed by atoms with Gasteiger partial charge < -0.3 is 4.74 Å². The molecule has 0 amide bonds. The first-order valence-corrected chi connectivity index (χ1v) is 5.86. The molecule has 1 unspecified atom stereocenters. The molecule has 16 heavy (non-hydrogen) atoms. The summed E-state index contributed by atoms with van der Waals surface area (Å²) < 4.78 is 5.96. The van der Waals surface area contributed by atoms with Crippen molar-refractivity contribution >= 4 is 10.8 Å². The molecule has 0 aliphatic carbocycles. The summed E-state index contributed by atoms with van der Waals surface area (Å²) in [6.45, 7) is 6.36.